The Hall–Kier alpha value is -2.53. The minimum absolute atomic E-state index is 0.0731. The van der Waals surface area contributed by atoms with Gasteiger partial charge in [0, 0.05) is 12.7 Å². The van der Waals surface area contributed by atoms with Gasteiger partial charge in [0.05, 0.1) is 18.8 Å². The predicted molar refractivity (Wildman–Crippen MR) is 82.8 cm³/mol. The monoisotopic (exact) mass is 347 g/mol. The molecule has 3 aromatic heterocycles. The Morgan fingerprint density at radius 2 is 2.38 bits per heavy atom. The fraction of sp³-hybridized carbons (Fsp3) is 0.385. The zero-order chi connectivity index (χ0) is 16.5. The van der Waals surface area contributed by atoms with Crippen LogP contribution in [0.2, 0.25) is 0 Å². The molecule has 1 atom stereocenters. The Balaban J connectivity index is 1.66. The second-order valence-corrected chi connectivity index (χ2v) is 6.26. The maximum Gasteiger partial charge on any atom is 0.362 e. The smallest absolute Gasteiger partial charge is 0.362 e. The highest BCUT2D eigenvalue weighted by Crippen LogP contribution is 2.33. The Kier molecular flexibility index (Phi) is 3.86. The van der Waals surface area contributed by atoms with Crippen LogP contribution in [0, 0.1) is 10.1 Å². The highest BCUT2D eigenvalue weighted by atomic mass is 32.2. The van der Waals surface area contributed by atoms with Crippen LogP contribution < -0.4 is 0 Å². The number of nitrogens with zero attached hydrogens (tertiary/aromatic N) is 7. The number of ether oxygens (including phenoxy) is 1. The van der Waals surface area contributed by atoms with Gasteiger partial charge in [0.1, 0.15) is 0 Å². The first-order chi connectivity index (χ1) is 11.7. The van der Waals surface area contributed by atoms with Crippen molar-refractivity contribution >= 4 is 23.2 Å². The molecule has 0 unspecified atom stereocenters. The summed E-state index contributed by atoms with van der Waals surface area (Å²) in [6.07, 6.45) is 3.66. The number of nitro groups is 1. The lowest BCUT2D eigenvalue weighted by atomic mass is 10.2. The average Bonchev–Trinajstić information content (AvgIpc) is 3.28. The fourth-order valence-electron chi connectivity index (χ4n) is 2.65. The SMILES string of the molecule is O=[N+]([O-])c1c(Sc2nnnn2C[C@H]2CCCO2)nc2ccccn12. The summed E-state index contributed by atoms with van der Waals surface area (Å²) in [6.45, 7) is 1.27. The summed E-state index contributed by atoms with van der Waals surface area (Å²) < 4.78 is 8.63. The summed E-state index contributed by atoms with van der Waals surface area (Å²) in [7, 11) is 0. The number of pyridine rings is 1. The molecule has 1 saturated heterocycles. The third-order valence-electron chi connectivity index (χ3n) is 3.73. The maximum atomic E-state index is 11.4. The van der Waals surface area contributed by atoms with Gasteiger partial charge in [0.15, 0.2) is 0 Å². The number of rotatable bonds is 5. The molecule has 4 heterocycles. The molecule has 0 amide bonds. The summed E-state index contributed by atoms with van der Waals surface area (Å²) in [5, 5.41) is 23.7. The highest BCUT2D eigenvalue weighted by Gasteiger charge is 2.26. The Bertz CT molecular complexity index is 887. The van der Waals surface area contributed by atoms with Crippen LogP contribution in [0.3, 0.4) is 0 Å². The predicted octanol–water partition coefficient (Wildman–Crippen LogP) is 1.56. The molecule has 3 aromatic rings. The van der Waals surface area contributed by atoms with Crippen LogP contribution in [0.4, 0.5) is 5.82 Å². The third-order valence-corrected chi connectivity index (χ3v) is 4.68. The molecule has 0 aliphatic carbocycles. The maximum absolute atomic E-state index is 11.4. The van der Waals surface area contributed by atoms with Gasteiger partial charge in [-0.2, -0.15) is 9.38 Å². The van der Waals surface area contributed by atoms with Crippen molar-refractivity contribution in [3.05, 3.63) is 34.5 Å². The Morgan fingerprint density at radius 1 is 1.46 bits per heavy atom. The molecule has 11 heteroatoms. The topological polar surface area (TPSA) is 113 Å². The molecular weight excluding hydrogens is 334 g/mol. The van der Waals surface area contributed by atoms with Crippen molar-refractivity contribution in [3.8, 4) is 0 Å². The van der Waals surface area contributed by atoms with E-state index in [1.54, 1.807) is 29.1 Å². The molecule has 0 bridgehead atoms. The Labute approximate surface area is 140 Å². The van der Waals surface area contributed by atoms with Crippen LogP contribution in [0.15, 0.2) is 34.6 Å². The largest absolute Gasteiger partial charge is 0.376 e. The number of hydrogen-bond acceptors (Lipinski definition) is 8. The molecule has 4 rings (SSSR count). The van der Waals surface area contributed by atoms with E-state index < -0.39 is 4.92 Å². The zero-order valence-electron chi connectivity index (χ0n) is 12.5. The van der Waals surface area contributed by atoms with Crippen molar-refractivity contribution in [2.45, 2.75) is 35.7 Å². The quantitative estimate of drug-likeness (QED) is 0.505. The lowest BCUT2D eigenvalue weighted by Gasteiger charge is -2.09. The number of hydrogen-bond donors (Lipinski definition) is 0. The molecule has 0 spiro atoms. The van der Waals surface area contributed by atoms with Crippen LogP contribution in [0.25, 0.3) is 5.65 Å². The molecule has 1 aliphatic heterocycles. The van der Waals surface area contributed by atoms with Crippen molar-refractivity contribution in [1.29, 1.82) is 0 Å². The summed E-state index contributed by atoms with van der Waals surface area (Å²) in [5.41, 5.74) is 0.504. The summed E-state index contributed by atoms with van der Waals surface area (Å²) >= 11 is 1.08. The second-order valence-electron chi connectivity index (χ2n) is 5.31. The van der Waals surface area contributed by atoms with Gasteiger partial charge in [-0.05, 0) is 46.0 Å². The molecular formula is C13H13N7O3S. The molecule has 24 heavy (non-hydrogen) atoms. The summed E-state index contributed by atoms with van der Waals surface area (Å²) in [4.78, 5) is 15.3. The summed E-state index contributed by atoms with van der Waals surface area (Å²) in [5.74, 6) is -0.0951. The van der Waals surface area contributed by atoms with Gasteiger partial charge in [0.25, 0.3) is 0 Å². The molecule has 0 saturated carbocycles. The minimum atomic E-state index is -0.448. The average molecular weight is 347 g/mol. The fourth-order valence-corrected chi connectivity index (χ4v) is 3.52. The lowest BCUT2D eigenvalue weighted by molar-refractivity contribution is -0.393. The number of aromatic nitrogens is 6. The molecule has 0 N–H and O–H groups in total. The van der Waals surface area contributed by atoms with Crippen molar-refractivity contribution < 1.29 is 9.66 Å². The van der Waals surface area contributed by atoms with Crippen LogP contribution in [0.1, 0.15) is 12.8 Å². The van der Waals surface area contributed by atoms with Gasteiger partial charge in [0.2, 0.25) is 15.8 Å². The highest BCUT2D eigenvalue weighted by molar-refractivity contribution is 7.99. The van der Waals surface area contributed by atoms with Crippen LogP contribution in [-0.2, 0) is 11.3 Å². The first kappa shape index (κ1) is 15.0. The van der Waals surface area contributed by atoms with Crippen LogP contribution in [0.5, 0.6) is 0 Å². The van der Waals surface area contributed by atoms with E-state index in [2.05, 4.69) is 20.5 Å². The standard InChI is InChI=1S/C13H13N7O3S/c21-20(22)12-11(14-10-5-1-2-6-18(10)12)24-13-15-16-17-19(13)8-9-4-3-7-23-9/h1-2,5-6,9H,3-4,7-8H2/t9-/m1/s1. The van der Waals surface area contributed by atoms with Crippen molar-refractivity contribution in [1.82, 2.24) is 29.6 Å². The molecule has 1 fully saturated rings. The lowest BCUT2D eigenvalue weighted by Crippen LogP contribution is -2.16. The first-order valence-corrected chi connectivity index (χ1v) is 8.21. The van der Waals surface area contributed by atoms with Crippen molar-refractivity contribution in [2.75, 3.05) is 6.61 Å². The van der Waals surface area contributed by atoms with Crippen molar-refractivity contribution in [2.24, 2.45) is 0 Å². The van der Waals surface area contributed by atoms with Gasteiger partial charge < -0.3 is 14.9 Å². The Morgan fingerprint density at radius 3 is 3.17 bits per heavy atom. The first-order valence-electron chi connectivity index (χ1n) is 7.39. The molecule has 0 aromatic carbocycles. The summed E-state index contributed by atoms with van der Waals surface area (Å²) in [6, 6.07) is 5.21. The molecule has 124 valence electrons. The number of fused-ring (bicyclic) bond motifs is 1. The van der Waals surface area contributed by atoms with Gasteiger partial charge >= 0.3 is 5.82 Å². The minimum Gasteiger partial charge on any atom is -0.376 e. The van der Waals surface area contributed by atoms with E-state index >= 15 is 0 Å². The molecule has 0 radical (unpaired) electrons. The van der Waals surface area contributed by atoms with Gasteiger partial charge in [-0.1, -0.05) is 6.07 Å². The van der Waals surface area contributed by atoms with E-state index in [9.17, 15) is 10.1 Å². The van der Waals surface area contributed by atoms with E-state index in [-0.39, 0.29) is 16.9 Å². The molecule has 1 aliphatic rings. The van der Waals surface area contributed by atoms with E-state index in [0.29, 0.717) is 17.3 Å². The van der Waals surface area contributed by atoms with Crippen LogP contribution in [-0.4, -0.2) is 47.2 Å². The van der Waals surface area contributed by atoms with E-state index in [1.165, 1.54) is 4.40 Å². The van der Waals surface area contributed by atoms with E-state index in [0.717, 1.165) is 31.2 Å². The van der Waals surface area contributed by atoms with Gasteiger partial charge in [-0.25, -0.2) is 4.68 Å². The van der Waals surface area contributed by atoms with E-state index in [4.69, 9.17) is 4.74 Å². The zero-order valence-corrected chi connectivity index (χ0v) is 13.3. The third kappa shape index (κ3) is 2.71. The van der Waals surface area contributed by atoms with Crippen LogP contribution >= 0.6 is 11.8 Å². The number of imidazole rings is 1. The van der Waals surface area contributed by atoms with E-state index in [1.807, 2.05) is 0 Å². The molecule has 10 nitrogen and oxygen atoms in total. The van der Waals surface area contributed by atoms with Crippen molar-refractivity contribution in [3.63, 3.8) is 0 Å². The second kappa shape index (κ2) is 6.17. The number of tetrazole rings is 1. The van der Waals surface area contributed by atoms with Gasteiger partial charge in [-0.3, -0.25) is 0 Å². The van der Waals surface area contributed by atoms with Gasteiger partial charge in [-0.15, -0.1) is 5.10 Å². The normalized spacial score (nSPS) is 17.6.